The zero-order valence-electron chi connectivity index (χ0n) is 20.4. The van der Waals surface area contributed by atoms with Crippen molar-refractivity contribution in [3.63, 3.8) is 0 Å². The van der Waals surface area contributed by atoms with E-state index in [1.165, 1.54) is 21.3 Å². The molecule has 1 aromatic heterocycles. The smallest absolute Gasteiger partial charge is 0.272 e. The van der Waals surface area contributed by atoms with Gasteiger partial charge in [0.05, 0.1) is 37.2 Å². The van der Waals surface area contributed by atoms with Gasteiger partial charge in [0.15, 0.2) is 21.3 Å². The summed E-state index contributed by atoms with van der Waals surface area (Å²) in [5.41, 5.74) is 1.63. The van der Waals surface area contributed by atoms with Crippen LogP contribution in [-0.4, -0.2) is 68.1 Å². The van der Waals surface area contributed by atoms with Gasteiger partial charge in [-0.25, -0.2) is 8.42 Å². The maximum absolute atomic E-state index is 13.5. The van der Waals surface area contributed by atoms with E-state index in [9.17, 15) is 13.2 Å². The second-order valence-corrected chi connectivity index (χ2v) is 11.4. The van der Waals surface area contributed by atoms with Gasteiger partial charge in [0, 0.05) is 17.6 Å². The molecule has 0 spiro atoms. The molecule has 10 heteroatoms. The van der Waals surface area contributed by atoms with E-state index in [-0.39, 0.29) is 18.0 Å². The highest BCUT2D eigenvalue weighted by atomic mass is 32.2. The van der Waals surface area contributed by atoms with Crippen LogP contribution in [0.15, 0.2) is 53.4 Å². The molecule has 9 nitrogen and oxygen atoms in total. The second kappa shape index (κ2) is 9.50. The van der Waals surface area contributed by atoms with Gasteiger partial charge in [-0.1, -0.05) is 18.2 Å². The minimum absolute atomic E-state index is 0.118. The van der Waals surface area contributed by atoms with Gasteiger partial charge in [-0.05, 0) is 56.0 Å². The summed E-state index contributed by atoms with van der Waals surface area (Å²) in [5.74, 6) is 1.29. The fraction of sp³-hybridized carbons (Fsp3) is 0.385. The quantitative estimate of drug-likeness (QED) is 0.515. The van der Waals surface area contributed by atoms with Gasteiger partial charge in [-0.2, -0.15) is 5.10 Å². The molecule has 2 aromatic carbocycles. The summed E-state index contributed by atoms with van der Waals surface area (Å²) in [6, 6.07) is 13.6. The van der Waals surface area contributed by atoms with E-state index in [1.807, 2.05) is 4.90 Å². The molecule has 3 aromatic rings. The normalized spacial score (nSPS) is 21.3. The van der Waals surface area contributed by atoms with Crippen molar-refractivity contribution in [2.24, 2.45) is 0 Å². The molecule has 2 aliphatic heterocycles. The summed E-state index contributed by atoms with van der Waals surface area (Å²) in [6.07, 6.45) is 2.47. The van der Waals surface area contributed by atoms with Gasteiger partial charge in [0.2, 0.25) is 5.75 Å². The van der Waals surface area contributed by atoms with Gasteiger partial charge in [0.25, 0.3) is 5.91 Å². The fourth-order valence-electron chi connectivity index (χ4n) is 5.46. The monoisotopic (exact) mass is 511 g/mol. The molecule has 1 N–H and O–H groups in total. The number of methoxy groups -OCH3 is 3. The summed E-state index contributed by atoms with van der Waals surface area (Å²) >= 11 is 0. The Labute approximate surface area is 210 Å². The number of fused-ring (bicyclic) bond motifs is 2. The van der Waals surface area contributed by atoms with Crippen LogP contribution >= 0.6 is 0 Å². The number of aromatic nitrogens is 2. The van der Waals surface area contributed by atoms with Crippen LogP contribution in [0.2, 0.25) is 0 Å². The lowest BCUT2D eigenvalue weighted by atomic mass is 10.0. The Balaban J connectivity index is 1.37. The van der Waals surface area contributed by atoms with Gasteiger partial charge < -0.3 is 19.1 Å². The van der Waals surface area contributed by atoms with Crippen molar-refractivity contribution < 1.29 is 27.4 Å². The minimum Gasteiger partial charge on any atom is -0.493 e. The van der Waals surface area contributed by atoms with Crippen molar-refractivity contribution in [1.82, 2.24) is 15.1 Å². The molecule has 2 atom stereocenters. The largest absolute Gasteiger partial charge is 0.493 e. The summed E-state index contributed by atoms with van der Waals surface area (Å²) in [4.78, 5) is 15.7. The molecule has 3 heterocycles. The first-order chi connectivity index (χ1) is 17.4. The highest BCUT2D eigenvalue weighted by Crippen LogP contribution is 2.42. The molecule has 36 heavy (non-hydrogen) atoms. The number of rotatable bonds is 7. The number of benzene rings is 2. The maximum atomic E-state index is 13.5. The zero-order valence-corrected chi connectivity index (χ0v) is 21.2. The molecule has 0 radical (unpaired) electrons. The fourth-order valence-corrected chi connectivity index (χ4v) is 7.33. The number of nitrogens with zero attached hydrogens (tertiary/aromatic N) is 2. The van der Waals surface area contributed by atoms with Crippen molar-refractivity contribution in [1.29, 1.82) is 0 Å². The predicted molar refractivity (Wildman–Crippen MR) is 133 cm³/mol. The highest BCUT2D eigenvalue weighted by molar-refractivity contribution is 7.92. The molecule has 2 fully saturated rings. The molecular weight excluding hydrogens is 482 g/mol. The molecule has 190 valence electrons. The molecule has 1 amide bonds. The van der Waals surface area contributed by atoms with Gasteiger partial charge >= 0.3 is 0 Å². The van der Waals surface area contributed by atoms with Crippen molar-refractivity contribution in [3.05, 3.63) is 54.2 Å². The standard InChI is InChI=1S/C26H29N3O6S/c1-33-23-11-16(12-24(34-2)25(23)35-3)21-15-22(28-27-21)26(30)29-17-9-10-18(29)14-20(13-17)36(31,32)19-7-5-4-6-8-19/h4-8,11-12,15,17-18,20H,9-10,13-14H2,1-3H3,(H,27,28). The summed E-state index contributed by atoms with van der Waals surface area (Å²) in [5, 5.41) is 6.73. The topological polar surface area (TPSA) is 111 Å². The van der Waals surface area contributed by atoms with Gasteiger partial charge in [-0.3, -0.25) is 9.89 Å². The van der Waals surface area contributed by atoms with Crippen LogP contribution in [0.25, 0.3) is 11.3 Å². The number of carbonyl (C=O) groups excluding carboxylic acids is 1. The summed E-state index contributed by atoms with van der Waals surface area (Å²) < 4.78 is 42.7. The molecule has 2 saturated heterocycles. The van der Waals surface area contributed by atoms with Crippen molar-refractivity contribution in [3.8, 4) is 28.5 Å². The van der Waals surface area contributed by atoms with E-state index in [1.54, 1.807) is 48.5 Å². The van der Waals surface area contributed by atoms with Gasteiger partial charge in [0.1, 0.15) is 5.69 Å². The van der Waals surface area contributed by atoms with Crippen LogP contribution in [-0.2, 0) is 9.84 Å². The highest BCUT2D eigenvalue weighted by Gasteiger charge is 2.47. The van der Waals surface area contributed by atoms with E-state index in [0.29, 0.717) is 51.9 Å². The van der Waals surface area contributed by atoms with E-state index in [4.69, 9.17) is 14.2 Å². The number of sulfone groups is 1. The van der Waals surface area contributed by atoms with E-state index < -0.39 is 15.1 Å². The van der Waals surface area contributed by atoms with Crippen molar-refractivity contribution in [2.45, 2.75) is 47.9 Å². The van der Waals surface area contributed by atoms with E-state index in [2.05, 4.69) is 10.2 Å². The Bertz CT molecular complexity index is 1330. The second-order valence-electron chi connectivity index (χ2n) is 9.13. The Hall–Kier alpha value is -3.53. The number of hydrogen-bond acceptors (Lipinski definition) is 7. The lowest BCUT2D eigenvalue weighted by molar-refractivity contribution is 0.0592. The molecule has 0 saturated carbocycles. The zero-order chi connectivity index (χ0) is 25.4. The van der Waals surface area contributed by atoms with Crippen LogP contribution in [0.4, 0.5) is 0 Å². The van der Waals surface area contributed by atoms with Crippen molar-refractivity contribution >= 4 is 15.7 Å². The Morgan fingerprint density at radius 2 is 1.56 bits per heavy atom. The Kier molecular flexibility index (Phi) is 6.38. The maximum Gasteiger partial charge on any atom is 0.272 e. The number of amides is 1. The first-order valence-corrected chi connectivity index (χ1v) is 13.4. The summed E-state index contributed by atoms with van der Waals surface area (Å²) in [7, 11) is 1.17. The number of piperidine rings is 1. The number of H-pyrrole nitrogens is 1. The average molecular weight is 512 g/mol. The number of aromatic amines is 1. The number of nitrogens with one attached hydrogen (secondary N) is 1. The SMILES string of the molecule is COc1cc(-c2cc(C(=O)N3C4CCC3CC(S(=O)(=O)c3ccccc3)C4)[nH]n2)cc(OC)c1OC. The van der Waals surface area contributed by atoms with Crippen LogP contribution in [0.5, 0.6) is 17.2 Å². The molecule has 5 rings (SSSR count). The van der Waals surface area contributed by atoms with Gasteiger partial charge in [-0.15, -0.1) is 0 Å². The Morgan fingerprint density at radius 3 is 2.11 bits per heavy atom. The van der Waals surface area contributed by atoms with Crippen LogP contribution in [0.3, 0.4) is 0 Å². The minimum atomic E-state index is -3.44. The third-order valence-electron chi connectivity index (χ3n) is 7.20. The van der Waals surface area contributed by atoms with Crippen LogP contribution in [0.1, 0.15) is 36.2 Å². The third-order valence-corrected chi connectivity index (χ3v) is 9.40. The van der Waals surface area contributed by atoms with Crippen LogP contribution < -0.4 is 14.2 Å². The molecular formula is C26H29N3O6S. The summed E-state index contributed by atoms with van der Waals surface area (Å²) in [6.45, 7) is 0. The molecule has 2 unspecified atom stereocenters. The molecule has 2 aliphatic rings. The number of carbonyl (C=O) groups is 1. The average Bonchev–Trinajstić information content (AvgIpc) is 3.50. The lowest BCUT2D eigenvalue weighted by Gasteiger charge is -2.38. The number of ether oxygens (including phenoxy) is 3. The lowest BCUT2D eigenvalue weighted by Crippen LogP contribution is -2.49. The predicted octanol–water partition coefficient (Wildman–Crippen LogP) is 3.71. The first-order valence-electron chi connectivity index (χ1n) is 11.8. The number of hydrogen-bond donors (Lipinski definition) is 1. The van der Waals surface area contributed by atoms with Crippen molar-refractivity contribution in [2.75, 3.05) is 21.3 Å². The Morgan fingerprint density at radius 1 is 0.944 bits per heavy atom. The first kappa shape index (κ1) is 24.2. The van der Waals surface area contributed by atoms with E-state index in [0.717, 1.165) is 12.8 Å². The van der Waals surface area contributed by atoms with Crippen LogP contribution in [0, 0.1) is 0 Å². The third kappa shape index (κ3) is 4.09. The molecule has 0 aliphatic carbocycles. The molecule has 2 bridgehead atoms. The van der Waals surface area contributed by atoms with E-state index >= 15 is 0 Å².